The van der Waals surface area contributed by atoms with E-state index >= 15 is 0 Å². The van der Waals surface area contributed by atoms with Gasteiger partial charge in [0.15, 0.2) is 6.23 Å². The van der Waals surface area contributed by atoms with Gasteiger partial charge >= 0.3 is 5.69 Å². The van der Waals surface area contributed by atoms with Crippen molar-refractivity contribution >= 4 is 5.82 Å². The van der Waals surface area contributed by atoms with Crippen LogP contribution in [0.2, 0.25) is 0 Å². The van der Waals surface area contributed by atoms with Crippen LogP contribution >= 0.6 is 0 Å². The first-order valence-electron chi connectivity index (χ1n) is 7.34. The molecule has 2 rings (SSSR count). The minimum atomic E-state index is -1.21. The zero-order valence-corrected chi connectivity index (χ0v) is 12.7. The highest BCUT2D eigenvalue weighted by Crippen LogP contribution is 2.28. The lowest BCUT2D eigenvalue weighted by atomic mass is 10.1. The third-order valence-electron chi connectivity index (χ3n) is 3.61. The number of hydrogen-bond donors (Lipinski definition) is 3. The summed E-state index contributed by atoms with van der Waals surface area (Å²) in [6.45, 7) is 3.69. The van der Waals surface area contributed by atoms with Gasteiger partial charge in [0.05, 0.1) is 11.7 Å². The Hall–Kier alpha value is -1.88. The van der Waals surface area contributed by atoms with Crippen molar-refractivity contribution < 1.29 is 14.9 Å². The van der Waals surface area contributed by atoms with Crippen LogP contribution in [0.15, 0.2) is 11.0 Å². The number of aliphatic hydroxyl groups excluding tert-OH is 2. The lowest BCUT2D eigenvalue weighted by Gasteiger charge is -2.17. The average molecular weight is 307 g/mol. The lowest BCUT2D eigenvalue weighted by molar-refractivity contribution is -0.0350. The molecule has 120 valence electrons. The van der Waals surface area contributed by atoms with Gasteiger partial charge in [-0.25, -0.2) is 4.79 Å². The normalized spacial score (nSPS) is 27.5. The molecule has 7 nitrogen and oxygen atoms in total. The van der Waals surface area contributed by atoms with Crippen LogP contribution in [0.4, 0.5) is 5.82 Å². The smallest absolute Gasteiger partial charge is 0.351 e. The van der Waals surface area contributed by atoms with Crippen LogP contribution in [0, 0.1) is 11.8 Å². The molecule has 1 saturated heterocycles. The zero-order chi connectivity index (χ0) is 16.3. The summed E-state index contributed by atoms with van der Waals surface area (Å²) in [7, 11) is 0. The molecule has 1 aliphatic rings. The van der Waals surface area contributed by atoms with Crippen molar-refractivity contribution in [1.82, 2.24) is 9.55 Å². The van der Waals surface area contributed by atoms with Crippen molar-refractivity contribution in [2.45, 2.75) is 57.6 Å². The summed E-state index contributed by atoms with van der Waals surface area (Å²) in [4.78, 5) is 15.7. The quantitative estimate of drug-likeness (QED) is 0.536. The summed E-state index contributed by atoms with van der Waals surface area (Å²) in [6.07, 6.45) is 0.321. The number of nitrogens with two attached hydrogens (primary N) is 1. The largest absolute Gasteiger partial charge is 0.388 e. The van der Waals surface area contributed by atoms with Crippen molar-refractivity contribution in [3.05, 3.63) is 22.2 Å². The lowest BCUT2D eigenvalue weighted by Crippen LogP contribution is -2.35. The molecule has 0 amide bonds. The molecule has 0 bridgehead atoms. The van der Waals surface area contributed by atoms with Crippen LogP contribution < -0.4 is 11.4 Å². The van der Waals surface area contributed by atoms with Crippen molar-refractivity contribution in [2.75, 3.05) is 5.73 Å². The van der Waals surface area contributed by atoms with Crippen LogP contribution in [0.3, 0.4) is 0 Å². The first kappa shape index (κ1) is 16.5. The molecule has 1 aliphatic heterocycles. The van der Waals surface area contributed by atoms with Gasteiger partial charge in [0, 0.05) is 12.6 Å². The fourth-order valence-electron chi connectivity index (χ4n) is 2.24. The Labute approximate surface area is 128 Å². The van der Waals surface area contributed by atoms with E-state index in [1.165, 1.54) is 6.20 Å². The minimum absolute atomic E-state index is 0.0475. The van der Waals surface area contributed by atoms with E-state index in [0.29, 0.717) is 5.56 Å². The van der Waals surface area contributed by atoms with Gasteiger partial charge < -0.3 is 20.7 Å². The predicted molar refractivity (Wildman–Crippen MR) is 80.9 cm³/mol. The maximum absolute atomic E-state index is 12.0. The molecule has 0 saturated carbocycles. The topological polar surface area (TPSA) is 111 Å². The van der Waals surface area contributed by atoms with Gasteiger partial charge in [-0.15, -0.1) is 0 Å². The van der Waals surface area contributed by atoms with E-state index in [-0.39, 0.29) is 5.82 Å². The zero-order valence-electron chi connectivity index (χ0n) is 12.7. The van der Waals surface area contributed by atoms with E-state index < -0.39 is 30.2 Å². The van der Waals surface area contributed by atoms with Gasteiger partial charge in [0.25, 0.3) is 0 Å². The van der Waals surface area contributed by atoms with Crippen molar-refractivity contribution in [1.29, 1.82) is 0 Å². The Bertz CT molecular complexity index is 646. The van der Waals surface area contributed by atoms with Crippen LogP contribution in [-0.4, -0.2) is 38.1 Å². The van der Waals surface area contributed by atoms with Crippen LogP contribution in [0.5, 0.6) is 0 Å². The fraction of sp³-hybridized carbons (Fsp3) is 0.600. The van der Waals surface area contributed by atoms with E-state index in [2.05, 4.69) is 23.7 Å². The molecule has 0 unspecified atom stereocenters. The van der Waals surface area contributed by atoms with E-state index in [1.807, 2.05) is 0 Å². The number of anilines is 1. The summed E-state index contributed by atoms with van der Waals surface area (Å²) in [5.74, 6) is 5.90. The molecule has 0 spiro atoms. The summed E-state index contributed by atoms with van der Waals surface area (Å²) in [5.41, 5.74) is 5.47. The van der Waals surface area contributed by atoms with Gasteiger partial charge in [-0.1, -0.05) is 25.2 Å². The van der Waals surface area contributed by atoms with Crippen molar-refractivity contribution in [2.24, 2.45) is 0 Å². The van der Waals surface area contributed by atoms with Crippen LogP contribution in [0.1, 0.15) is 44.9 Å². The standard InChI is InChI=1S/C15H21N3O4/c1-3-4-5-6-7-10-8-18(15(21)17-13(10)16)14-12(20)11(19)9(2)22-14/h8-9,11-12,14,19-20H,3-5H2,1-2H3,(H2,16,17,21)/t9-,11-,12-,14-/m1/s1. The molecule has 2 heterocycles. The van der Waals surface area contributed by atoms with Crippen molar-refractivity contribution in [3.8, 4) is 11.8 Å². The molecule has 4 N–H and O–H groups in total. The van der Waals surface area contributed by atoms with Gasteiger partial charge in [0.1, 0.15) is 18.0 Å². The second-order valence-electron chi connectivity index (χ2n) is 5.35. The minimum Gasteiger partial charge on any atom is -0.388 e. The molecule has 0 radical (unpaired) electrons. The SMILES string of the molecule is CCCCC#Cc1cn([C@@H]2O[C@H](C)[C@@H](O)[C@H]2O)c(=O)nc1N. The fourth-order valence-corrected chi connectivity index (χ4v) is 2.24. The number of hydrogen-bond acceptors (Lipinski definition) is 6. The molecular formula is C15H21N3O4. The highest BCUT2D eigenvalue weighted by Gasteiger charge is 2.41. The number of nitrogens with zero attached hydrogens (tertiary/aromatic N) is 2. The second-order valence-corrected chi connectivity index (χ2v) is 5.35. The number of aliphatic hydroxyl groups is 2. The Morgan fingerprint density at radius 3 is 2.77 bits per heavy atom. The van der Waals surface area contributed by atoms with E-state index in [4.69, 9.17) is 10.5 Å². The molecule has 1 aromatic heterocycles. The average Bonchev–Trinajstić information content (AvgIpc) is 2.73. The third kappa shape index (κ3) is 3.30. The second kappa shape index (κ2) is 6.92. The summed E-state index contributed by atoms with van der Waals surface area (Å²) in [6, 6.07) is 0. The number of nitrogen functional groups attached to an aromatic ring is 1. The Balaban J connectivity index is 2.32. The van der Waals surface area contributed by atoms with E-state index in [1.54, 1.807) is 6.92 Å². The van der Waals surface area contributed by atoms with Crippen molar-refractivity contribution in [3.63, 3.8) is 0 Å². The molecule has 22 heavy (non-hydrogen) atoms. The first-order chi connectivity index (χ1) is 10.5. The number of unbranched alkanes of at least 4 members (excludes halogenated alkanes) is 2. The van der Waals surface area contributed by atoms with Gasteiger partial charge in [-0.2, -0.15) is 4.98 Å². The molecule has 0 aromatic carbocycles. The van der Waals surface area contributed by atoms with E-state index in [0.717, 1.165) is 23.8 Å². The molecule has 1 fully saturated rings. The highest BCUT2D eigenvalue weighted by molar-refractivity contribution is 5.48. The van der Waals surface area contributed by atoms with Gasteiger partial charge in [0.2, 0.25) is 0 Å². The first-order valence-corrected chi connectivity index (χ1v) is 7.34. The molecule has 1 aromatic rings. The van der Waals surface area contributed by atoms with Crippen LogP contribution in [0.25, 0.3) is 0 Å². The summed E-state index contributed by atoms with van der Waals surface area (Å²) >= 11 is 0. The van der Waals surface area contributed by atoms with E-state index in [9.17, 15) is 15.0 Å². The predicted octanol–water partition coefficient (Wildman–Crippen LogP) is 0.00630. The number of rotatable bonds is 3. The molecule has 0 aliphatic carbocycles. The van der Waals surface area contributed by atoms with Gasteiger partial charge in [-0.05, 0) is 13.3 Å². The molecule has 7 heteroatoms. The third-order valence-corrected chi connectivity index (χ3v) is 3.61. The number of ether oxygens (including phenoxy) is 1. The summed E-state index contributed by atoms with van der Waals surface area (Å²) in [5, 5.41) is 19.7. The molecule has 4 atom stereocenters. The maximum atomic E-state index is 12.0. The Morgan fingerprint density at radius 1 is 1.45 bits per heavy atom. The maximum Gasteiger partial charge on any atom is 0.351 e. The number of aromatic nitrogens is 2. The Morgan fingerprint density at radius 2 is 2.18 bits per heavy atom. The Kier molecular flexibility index (Phi) is 5.19. The van der Waals surface area contributed by atoms with Gasteiger partial charge in [-0.3, -0.25) is 4.57 Å². The highest BCUT2D eigenvalue weighted by atomic mass is 16.6. The van der Waals surface area contributed by atoms with Crippen LogP contribution in [-0.2, 0) is 4.74 Å². The summed E-state index contributed by atoms with van der Waals surface area (Å²) < 4.78 is 6.55. The monoisotopic (exact) mass is 307 g/mol. The molecular weight excluding hydrogens is 286 g/mol.